The molecule has 3 rings (SSSR count). The van der Waals surface area contributed by atoms with Crippen LogP contribution >= 0.6 is 0 Å². The van der Waals surface area contributed by atoms with Crippen LogP contribution in [0.1, 0.15) is 31.1 Å². The highest BCUT2D eigenvalue weighted by Crippen LogP contribution is 2.27. The Balaban J connectivity index is 1.78. The Labute approximate surface area is 125 Å². The van der Waals surface area contributed by atoms with Crippen molar-refractivity contribution in [2.24, 2.45) is 0 Å². The van der Waals surface area contributed by atoms with Gasteiger partial charge in [0.2, 0.25) is 5.89 Å². The standard InChI is InChI=1S/C16H22N4O/c1-12-9-17-16(3,14-7-5-4-6-8-14)11-20(12)10-15-18-13(2)21-19-15/h4-8,12,17H,9-11H2,1-3H3. The quantitative estimate of drug-likeness (QED) is 0.936. The largest absolute Gasteiger partial charge is 0.340 e. The van der Waals surface area contributed by atoms with Crippen molar-refractivity contribution in [2.75, 3.05) is 13.1 Å². The monoisotopic (exact) mass is 286 g/mol. The Hall–Kier alpha value is -1.72. The van der Waals surface area contributed by atoms with Crippen LogP contribution in [0, 0.1) is 6.92 Å². The minimum absolute atomic E-state index is 0.0491. The summed E-state index contributed by atoms with van der Waals surface area (Å²) >= 11 is 0. The van der Waals surface area contributed by atoms with Gasteiger partial charge in [-0.25, -0.2) is 0 Å². The summed E-state index contributed by atoms with van der Waals surface area (Å²) in [4.78, 5) is 6.73. The van der Waals surface area contributed by atoms with Crippen molar-refractivity contribution in [2.45, 2.75) is 38.9 Å². The summed E-state index contributed by atoms with van der Waals surface area (Å²) in [5.41, 5.74) is 1.26. The molecular weight excluding hydrogens is 264 g/mol. The number of hydrogen-bond acceptors (Lipinski definition) is 5. The van der Waals surface area contributed by atoms with E-state index in [2.05, 4.69) is 64.5 Å². The van der Waals surface area contributed by atoms with Gasteiger partial charge in [0.05, 0.1) is 12.1 Å². The fraction of sp³-hybridized carbons (Fsp3) is 0.500. The number of nitrogens with zero attached hydrogens (tertiary/aromatic N) is 3. The first kappa shape index (κ1) is 14.2. The molecule has 0 radical (unpaired) electrons. The first-order valence-electron chi connectivity index (χ1n) is 7.41. The maximum absolute atomic E-state index is 5.07. The normalized spacial score (nSPS) is 26.9. The van der Waals surface area contributed by atoms with Gasteiger partial charge in [-0.1, -0.05) is 35.5 Å². The summed E-state index contributed by atoms with van der Waals surface area (Å²) in [6.45, 7) is 8.90. The van der Waals surface area contributed by atoms with Crippen molar-refractivity contribution in [1.29, 1.82) is 0 Å². The summed E-state index contributed by atoms with van der Waals surface area (Å²) < 4.78 is 5.07. The fourth-order valence-corrected chi connectivity index (χ4v) is 2.92. The zero-order valence-electron chi connectivity index (χ0n) is 12.8. The SMILES string of the molecule is Cc1nc(CN2CC(C)(c3ccccc3)NCC2C)no1. The number of piperazine rings is 1. The summed E-state index contributed by atoms with van der Waals surface area (Å²) in [6, 6.07) is 11.0. The fourth-order valence-electron chi connectivity index (χ4n) is 2.92. The Kier molecular flexibility index (Phi) is 3.78. The number of aromatic nitrogens is 2. The minimum atomic E-state index is -0.0491. The summed E-state index contributed by atoms with van der Waals surface area (Å²) in [5.74, 6) is 1.38. The van der Waals surface area contributed by atoms with Gasteiger partial charge in [-0.3, -0.25) is 4.90 Å². The predicted octanol–water partition coefficient (Wildman–Crippen LogP) is 2.09. The first-order chi connectivity index (χ1) is 10.1. The molecule has 2 heterocycles. The van der Waals surface area contributed by atoms with Crippen molar-refractivity contribution >= 4 is 0 Å². The molecule has 5 nitrogen and oxygen atoms in total. The van der Waals surface area contributed by atoms with Gasteiger partial charge in [-0.2, -0.15) is 4.98 Å². The van der Waals surface area contributed by atoms with E-state index >= 15 is 0 Å². The molecule has 21 heavy (non-hydrogen) atoms. The molecule has 0 amide bonds. The maximum atomic E-state index is 5.07. The van der Waals surface area contributed by atoms with Crippen LogP contribution in [0.3, 0.4) is 0 Å². The van der Waals surface area contributed by atoms with E-state index in [9.17, 15) is 0 Å². The molecular formula is C16H22N4O. The summed E-state index contributed by atoms with van der Waals surface area (Å²) in [6.07, 6.45) is 0. The minimum Gasteiger partial charge on any atom is -0.340 e. The Morgan fingerprint density at radius 3 is 2.81 bits per heavy atom. The van der Waals surface area contributed by atoms with E-state index in [1.54, 1.807) is 0 Å². The van der Waals surface area contributed by atoms with E-state index < -0.39 is 0 Å². The van der Waals surface area contributed by atoms with Crippen LogP contribution in [0.4, 0.5) is 0 Å². The molecule has 1 aliphatic rings. The van der Waals surface area contributed by atoms with Crippen LogP contribution in [-0.2, 0) is 12.1 Å². The van der Waals surface area contributed by atoms with Crippen LogP contribution < -0.4 is 5.32 Å². The van der Waals surface area contributed by atoms with E-state index in [4.69, 9.17) is 4.52 Å². The van der Waals surface area contributed by atoms with E-state index in [1.165, 1.54) is 5.56 Å². The van der Waals surface area contributed by atoms with Gasteiger partial charge < -0.3 is 9.84 Å². The number of rotatable bonds is 3. The smallest absolute Gasteiger partial charge is 0.223 e. The van der Waals surface area contributed by atoms with Crippen molar-refractivity contribution < 1.29 is 4.52 Å². The van der Waals surface area contributed by atoms with Gasteiger partial charge in [0.15, 0.2) is 5.82 Å². The van der Waals surface area contributed by atoms with Gasteiger partial charge in [0.1, 0.15) is 0 Å². The van der Waals surface area contributed by atoms with Gasteiger partial charge in [-0.15, -0.1) is 0 Å². The Bertz CT molecular complexity index is 597. The third kappa shape index (κ3) is 2.99. The summed E-state index contributed by atoms with van der Waals surface area (Å²) in [5, 5.41) is 7.69. The maximum Gasteiger partial charge on any atom is 0.223 e. The highest BCUT2D eigenvalue weighted by molar-refractivity contribution is 5.25. The number of nitrogens with one attached hydrogen (secondary N) is 1. The summed E-state index contributed by atoms with van der Waals surface area (Å²) in [7, 11) is 0. The van der Waals surface area contributed by atoms with Gasteiger partial charge in [-0.05, 0) is 19.4 Å². The Morgan fingerprint density at radius 1 is 1.38 bits per heavy atom. The first-order valence-corrected chi connectivity index (χ1v) is 7.41. The van der Waals surface area contributed by atoms with Crippen LogP contribution in [-0.4, -0.2) is 34.2 Å². The molecule has 0 spiro atoms. The molecule has 0 saturated carbocycles. The van der Waals surface area contributed by atoms with E-state index in [1.807, 2.05) is 6.92 Å². The molecule has 112 valence electrons. The molecule has 1 aromatic carbocycles. The third-order valence-electron chi connectivity index (χ3n) is 4.26. The van der Waals surface area contributed by atoms with Crippen molar-refractivity contribution in [1.82, 2.24) is 20.4 Å². The lowest BCUT2D eigenvalue weighted by atomic mass is 9.88. The van der Waals surface area contributed by atoms with Gasteiger partial charge in [0.25, 0.3) is 0 Å². The molecule has 0 aliphatic carbocycles. The molecule has 1 aliphatic heterocycles. The highest BCUT2D eigenvalue weighted by Gasteiger charge is 2.35. The number of benzene rings is 1. The van der Waals surface area contributed by atoms with Crippen molar-refractivity contribution in [3.05, 3.63) is 47.6 Å². The zero-order valence-corrected chi connectivity index (χ0v) is 12.8. The molecule has 2 unspecified atom stereocenters. The predicted molar refractivity (Wildman–Crippen MR) is 80.7 cm³/mol. The molecule has 2 aromatic rings. The molecule has 5 heteroatoms. The molecule has 0 bridgehead atoms. The van der Waals surface area contributed by atoms with E-state index in [-0.39, 0.29) is 5.54 Å². The molecule has 1 saturated heterocycles. The lowest BCUT2D eigenvalue weighted by Crippen LogP contribution is -2.60. The average molecular weight is 286 g/mol. The zero-order chi connectivity index (χ0) is 14.9. The third-order valence-corrected chi connectivity index (χ3v) is 4.26. The van der Waals surface area contributed by atoms with E-state index in [0.717, 1.165) is 25.5 Å². The number of hydrogen-bond donors (Lipinski definition) is 1. The second-order valence-electron chi connectivity index (χ2n) is 6.06. The molecule has 2 atom stereocenters. The van der Waals surface area contributed by atoms with Crippen molar-refractivity contribution in [3.8, 4) is 0 Å². The van der Waals surface area contributed by atoms with Crippen LogP contribution in [0.5, 0.6) is 0 Å². The van der Waals surface area contributed by atoms with Crippen LogP contribution in [0.2, 0.25) is 0 Å². The lowest BCUT2D eigenvalue weighted by Gasteiger charge is -2.45. The second-order valence-corrected chi connectivity index (χ2v) is 6.06. The topological polar surface area (TPSA) is 54.2 Å². The molecule has 1 fully saturated rings. The highest BCUT2D eigenvalue weighted by atomic mass is 16.5. The van der Waals surface area contributed by atoms with Crippen molar-refractivity contribution in [3.63, 3.8) is 0 Å². The lowest BCUT2D eigenvalue weighted by molar-refractivity contribution is 0.0846. The van der Waals surface area contributed by atoms with Crippen LogP contribution in [0.25, 0.3) is 0 Å². The van der Waals surface area contributed by atoms with E-state index in [0.29, 0.717) is 11.9 Å². The molecule has 1 aromatic heterocycles. The van der Waals surface area contributed by atoms with Gasteiger partial charge >= 0.3 is 0 Å². The Morgan fingerprint density at radius 2 is 2.14 bits per heavy atom. The molecule has 1 N–H and O–H groups in total. The average Bonchev–Trinajstić information content (AvgIpc) is 2.89. The van der Waals surface area contributed by atoms with Gasteiger partial charge in [0, 0.05) is 26.1 Å². The number of aryl methyl sites for hydroxylation is 1. The second kappa shape index (κ2) is 5.58. The van der Waals surface area contributed by atoms with Crippen LogP contribution in [0.15, 0.2) is 34.9 Å².